The van der Waals surface area contributed by atoms with Crippen LogP contribution in [0, 0.1) is 5.92 Å². The molecule has 4 heterocycles. The van der Waals surface area contributed by atoms with E-state index in [4.69, 9.17) is 14.2 Å². The molecule has 2 aliphatic heterocycles. The fourth-order valence-electron chi connectivity index (χ4n) is 4.29. The minimum Gasteiger partial charge on any atom is -0.466 e. The third-order valence-corrected chi connectivity index (χ3v) is 6.77. The number of carbonyl (C=O) groups is 2. The largest absolute Gasteiger partial charge is 0.466 e. The van der Waals surface area contributed by atoms with Gasteiger partial charge in [-0.1, -0.05) is 6.07 Å². The molecule has 1 aromatic carbocycles. The number of carbonyl (C=O) groups excluding carboxylic acids is 2. The highest BCUT2D eigenvalue weighted by atomic mass is 32.1. The van der Waals surface area contributed by atoms with Crippen LogP contribution >= 0.6 is 11.3 Å². The molecule has 3 aromatic rings. The van der Waals surface area contributed by atoms with Crippen LogP contribution in [0.4, 0.5) is 0 Å². The summed E-state index contributed by atoms with van der Waals surface area (Å²) in [6, 6.07) is 9.92. The van der Waals surface area contributed by atoms with Gasteiger partial charge in [0, 0.05) is 19.6 Å². The number of hydrogen-bond donors (Lipinski definition) is 0. The molecule has 0 radical (unpaired) electrons. The number of nitrogens with zero attached hydrogens (tertiary/aromatic N) is 2. The number of likely N-dealkylation sites (tertiary alicyclic amines) is 1. The van der Waals surface area contributed by atoms with Crippen LogP contribution in [-0.4, -0.2) is 47.8 Å². The standard InChI is InChI=1S/C23H24N2O5S/c1-2-28-23(27)16-5-8-24(9-6-16)22(26)18-12-21-17(7-10-31-21)25(18)13-15-3-4-19-20(11-15)30-14-29-19/h3-4,7,10-12,16H,2,5-6,8-9,13-14H2,1H3. The van der Waals surface area contributed by atoms with Gasteiger partial charge in [0.2, 0.25) is 6.79 Å². The van der Waals surface area contributed by atoms with E-state index in [-0.39, 0.29) is 24.6 Å². The molecule has 2 aliphatic rings. The maximum atomic E-state index is 13.4. The lowest BCUT2D eigenvalue weighted by Gasteiger charge is -2.31. The van der Waals surface area contributed by atoms with E-state index in [1.165, 1.54) is 0 Å². The molecule has 1 fully saturated rings. The number of fused-ring (bicyclic) bond motifs is 2. The van der Waals surface area contributed by atoms with Crippen LogP contribution in [0.3, 0.4) is 0 Å². The maximum absolute atomic E-state index is 13.4. The minimum absolute atomic E-state index is 0.00597. The molecule has 162 valence electrons. The molecule has 0 bridgehead atoms. The molecule has 2 aromatic heterocycles. The first-order chi connectivity index (χ1) is 15.1. The molecule has 1 amide bonds. The number of piperidine rings is 1. The number of esters is 1. The lowest BCUT2D eigenvalue weighted by molar-refractivity contribution is -0.149. The van der Waals surface area contributed by atoms with Crippen molar-refractivity contribution in [3.05, 3.63) is 47.0 Å². The Morgan fingerprint density at radius 1 is 1.13 bits per heavy atom. The Bertz CT molecular complexity index is 1130. The lowest BCUT2D eigenvalue weighted by atomic mass is 9.97. The predicted octanol–water partition coefficient (Wildman–Crippen LogP) is 3.90. The van der Waals surface area contributed by atoms with Crippen molar-refractivity contribution in [3.8, 4) is 11.5 Å². The third-order valence-electron chi connectivity index (χ3n) is 5.92. The van der Waals surface area contributed by atoms with Gasteiger partial charge in [-0.3, -0.25) is 9.59 Å². The first-order valence-corrected chi connectivity index (χ1v) is 11.4. The van der Waals surface area contributed by atoms with E-state index in [1.54, 1.807) is 11.3 Å². The molecule has 5 rings (SSSR count). The van der Waals surface area contributed by atoms with E-state index in [2.05, 4.69) is 10.6 Å². The zero-order chi connectivity index (χ0) is 21.4. The molecule has 1 saturated heterocycles. The van der Waals surface area contributed by atoms with E-state index < -0.39 is 0 Å². The van der Waals surface area contributed by atoms with Gasteiger partial charge in [0.25, 0.3) is 5.91 Å². The summed E-state index contributed by atoms with van der Waals surface area (Å²) in [5.41, 5.74) is 2.77. The number of aromatic nitrogens is 1. The molecular weight excluding hydrogens is 416 g/mol. The molecule has 0 atom stereocenters. The SMILES string of the molecule is CCOC(=O)C1CCN(C(=O)c2cc3sccc3n2Cc2ccc3c(c2)OCO3)CC1. The molecule has 31 heavy (non-hydrogen) atoms. The van der Waals surface area contributed by atoms with Gasteiger partial charge < -0.3 is 23.7 Å². The number of ether oxygens (including phenoxy) is 3. The molecule has 0 spiro atoms. The second kappa shape index (κ2) is 8.26. The van der Waals surface area contributed by atoms with Crippen molar-refractivity contribution in [2.75, 3.05) is 26.5 Å². The van der Waals surface area contributed by atoms with Gasteiger partial charge >= 0.3 is 5.97 Å². The zero-order valence-electron chi connectivity index (χ0n) is 17.3. The summed E-state index contributed by atoms with van der Waals surface area (Å²) >= 11 is 1.63. The summed E-state index contributed by atoms with van der Waals surface area (Å²) < 4.78 is 19.2. The molecule has 0 N–H and O–H groups in total. The number of rotatable bonds is 5. The van der Waals surface area contributed by atoms with Crippen molar-refractivity contribution >= 4 is 33.4 Å². The summed E-state index contributed by atoms with van der Waals surface area (Å²) in [5, 5.41) is 2.04. The molecule has 0 unspecified atom stereocenters. The van der Waals surface area contributed by atoms with Gasteiger partial charge in [-0.2, -0.15) is 0 Å². The second-order valence-electron chi connectivity index (χ2n) is 7.79. The van der Waals surface area contributed by atoms with Crippen LogP contribution in [-0.2, 0) is 16.1 Å². The van der Waals surface area contributed by atoms with E-state index in [0.29, 0.717) is 44.8 Å². The van der Waals surface area contributed by atoms with Crippen molar-refractivity contribution in [1.29, 1.82) is 0 Å². The van der Waals surface area contributed by atoms with Crippen molar-refractivity contribution in [1.82, 2.24) is 9.47 Å². The Balaban J connectivity index is 1.37. The third kappa shape index (κ3) is 3.76. The van der Waals surface area contributed by atoms with Crippen molar-refractivity contribution in [2.45, 2.75) is 26.3 Å². The topological polar surface area (TPSA) is 70.0 Å². The van der Waals surface area contributed by atoms with Crippen LogP contribution in [0.25, 0.3) is 10.2 Å². The molecular formula is C23H24N2O5S. The van der Waals surface area contributed by atoms with Crippen molar-refractivity contribution in [3.63, 3.8) is 0 Å². The fraction of sp³-hybridized carbons (Fsp3) is 0.391. The highest BCUT2D eigenvalue weighted by molar-refractivity contribution is 7.17. The Hall–Kier alpha value is -3.00. The van der Waals surface area contributed by atoms with E-state index in [0.717, 1.165) is 27.3 Å². The monoisotopic (exact) mass is 440 g/mol. The van der Waals surface area contributed by atoms with Crippen LogP contribution in [0.2, 0.25) is 0 Å². The highest BCUT2D eigenvalue weighted by Gasteiger charge is 2.30. The quantitative estimate of drug-likeness (QED) is 0.563. The van der Waals surface area contributed by atoms with Gasteiger partial charge in [-0.05, 0) is 55.0 Å². The average Bonchev–Trinajstić information content (AvgIpc) is 3.50. The second-order valence-corrected chi connectivity index (χ2v) is 8.74. The van der Waals surface area contributed by atoms with Gasteiger partial charge in [0.15, 0.2) is 11.5 Å². The van der Waals surface area contributed by atoms with Gasteiger partial charge in [0.05, 0.1) is 22.7 Å². The Kier molecular flexibility index (Phi) is 5.31. The normalized spacial score (nSPS) is 16.1. The zero-order valence-corrected chi connectivity index (χ0v) is 18.2. The maximum Gasteiger partial charge on any atom is 0.309 e. The Labute approximate surface area is 184 Å². The first-order valence-electron chi connectivity index (χ1n) is 10.5. The average molecular weight is 441 g/mol. The molecule has 0 saturated carbocycles. The summed E-state index contributed by atoms with van der Waals surface area (Å²) in [6.45, 7) is 4.13. The molecule has 0 aliphatic carbocycles. The summed E-state index contributed by atoms with van der Waals surface area (Å²) in [5.74, 6) is 1.22. The highest BCUT2D eigenvalue weighted by Crippen LogP contribution is 2.34. The Morgan fingerprint density at radius 2 is 1.94 bits per heavy atom. The first kappa shape index (κ1) is 19.9. The Morgan fingerprint density at radius 3 is 2.74 bits per heavy atom. The number of benzene rings is 1. The van der Waals surface area contributed by atoms with Crippen LogP contribution < -0.4 is 9.47 Å². The summed E-state index contributed by atoms with van der Waals surface area (Å²) in [7, 11) is 0. The molecule has 7 nitrogen and oxygen atoms in total. The van der Waals surface area contributed by atoms with Gasteiger partial charge in [-0.25, -0.2) is 0 Å². The lowest BCUT2D eigenvalue weighted by Crippen LogP contribution is -2.41. The van der Waals surface area contributed by atoms with E-state index >= 15 is 0 Å². The van der Waals surface area contributed by atoms with E-state index in [9.17, 15) is 9.59 Å². The summed E-state index contributed by atoms with van der Waals surface area (Å²) in [6.07, 6.45) is 1.28. The van der Waals surface area contributed by atoms with Gasteiger partial charge in [-0.15, -0.1) is 11.3 Å². The predicted molar refractivity (Wildman–Crippen MR) is 117 cm³/mol. The molecule has 8 heteroatoms. The summed E-state index contributed by atoms with van der Waals surface area (Å²) in [4.78, 5) is 27.3. The van der Waals surface area contributed by atoms with Gasteiger partial charge in [0.1, 0.15) is 5.69 Å². The van der Waals surface area contributed by atoms with Crippen molar-refractivity contribution < 1.29 is 23.8 Å². The minimum atomic E-state index is -0.152. The van der Waals surface area contributed by atoms with Crippen LogP contribution in [0.15, 0.2) is 35.7 Å². The number of amides is 1. The number of thiophene rings is 1. The van der Waals surface area contributed by atoms with Crippen LogP contribution in [0.1, 0.15) is 35.8 Å². The van der Waals surface area contributed by atoms with E-state index in [1.807, 2.05) is 41.5 Å². The van der Waals surface area contributed by atoms with Crippen molar-refractivity contribution in [2.24, 2.45) is 5.92 Å². The van der Waals surface area contributed by atoms with Crippen LogP contribution in [0.5, 0.6) is 11.5 Å². The smallest absolute Gasteiger partial charge is 0.309 e. The fourth-order valence-corrected chi connectivity index (χ4v) is 5.11. The number of hydrogen-bond acceptors (Lipinski definition) is 6.